The number of amides is 1. The van der Waals surface area contributed by atoms with Gasteiger partial charge in [0.15, 0.2) is 5.69 Å². The molecule has 2 aromatic heterocycles. The van der Waals surface area contributed by atoms with Gasteiger partial charge < -0.3 is 9.64 Å². The first kappa shape index (κ1) is 17.4. The van der Waals surface area contributed by atoms with E-state index in [1.54, 1.807) is 15.8 Å². The van der Waals surface area contributed by atoms with Crippen LogP contribution in [0.3, 0.4) is 0 Å². The molecular weight excluding hydrogens is 342 g/mol. The van der Waals surface area contributed by atoms with E-state index in [4.69, 9.17) is 4.74 Å². The lowest BCUT2D eigenvalue weighted by Gasteiger charge is -2.25. The number of nitrogens with zero attached hydrogens (tertiary/aromatic N) is 5. The number of hydrogen-bond acceptors (Lipinski definition) is 5. The van der Waals surface area contributed by atoms with Crippen LogP contribution in [-0.4, -0.2) is 50.0 Å². The number of carbonyl (C=O) groups excluding carboxylic acids is 1. The van der Waals surface area contributed by atoms with Gasteiger partial charge in [-0.2, -0.15) is 0 Å². The van der Waals surface area contributed by atoms with Gasteiger partial charge in [-0.3, -0.25) is 9.78 Å². The normalized spacial score (nSPS) is 16.4. The second-order valence-electron chi connectivity index (χ2n) is 6.51. The van der Waals surface area contributed by atoms with Crippen LogP contribution in [0.1, 0.15) is 29.0 Å². The maximum absolute atomic E-state index is 13.3. The van der Waals surface area contributed by atoms with Crippen LogP contribution in [0.5, 0.6) is 0 Å². The van der Waals surface area contributed by atoms with Gasteiger partial charge >= 0.3 is 0 Å². The van der Waals surface area contributed by atoms with Gasteiger partial charge in [-0.05, 0) is 37.1 Å². The first-order valence-electron chi connectivity index (χ1n) is 9.08. The topological polar surface area (TPSA) is 73.1 Å². The lowest BCUT2D eigenvalue weighted by Crippen LogP contribution is -2.38. The summed E-state index contributed by atoms with van der Waals surface area (Å²) in [6.07, 6.45) is 5.29. The van der Waals surface area contributed by atoms with Crippen molar-refractivity contribution in [2.75, 3.05) is 13.2 Å². The van der Waals surface area contributed by atoms with Crippen LogP contribution < -0.4 is 0 Å². The summed E-state index contributed by atoms with van der Waals surface area (Å²) in [5.41, 5.74) is 2.06. The third kappa shape index (κ3) is 4.03. The molecule has 1 aromatic carbocycles. The van der Waals surface area contributed by atoms with E-state index >= 15 is 0 Å². The van der Waals surface area contributed by atoms with Crippen LogP contribution in [0.4, 0.5) is 0 Å². The summed E-state index contributed by atoms with van der Waals surface area (Å²) < 4.78 is 7.32. The van der Waals surface area contributed by atoms with Gasteiger partial charge in [-0.1, -0.05) is 29.5 Å². The predicted octanol–water partition coefficient (Wildman–Crippen LogP) is 2.48. The zero-order valence-electron chi connectivity index (χ0n) is 14.9. The van der Waals surface area contributed by atoms with Crippen LogP contribution in [-0.2, 0) is 11.3 Å². The molecule has 0 N–H and O–H groups in total. The molecule has 0 aliphatic carbocycles. The Morgan fingerprint density at radius 1 is 1.19 bits per heavy atom. The highest BCUT2D eigenvalue weighted by molar-refractivity contribution is 5.92. The predicted molar refractivity (Wildman–Crippen MR) is 99.3 cm³/mol. The van der Waals surface area contributed by atoms with Crippen molar-refractivity contribution in [2.45, 2.75) is 25.5 Å². The molecule has 7 nitrogen and oxygen atoms in total. The summed E-state index contributed by atoms with van der Waals surface area (Å²) in [5, 5.41) is 8.06. The summed E-state index contributed by atoms with van der Waals surface area (Å²) in [6, 6.07) is 15.2. The van der Waals surface area contributed by atoms with E-state index in [1.165, 1.54) is 6.20 Å². The molecule has 1 aliphatic rings. The van der Waals surface area contributed by atoms with Crippen molar-refractivity contribution in [3.05, 3.63) is 72.3 Å². The molecule has 3 heterocycles. The van der Waals surface area contributed by atoms with Gasteiger partial charge in [0.2, 0.25) is 0 Å². The minimum atomic E-state index is -0.134. The number of pyridine rings is 1. The third-order valence-electron chi connectivity index (χ3n) is 4.58. The second-order valence-corrected chi connectivity index (χ2v) is 6.51. The van der Waals surface area contributed by atoms with Crippen LogP contribution >= 0.6 is 0 Å². The molecular formula is C20H21N5O2. The Balaban J connectivity index is 1.61. The van der Waals surface area contributed by atoms with Gasteiger partial charge in [0.05, 0.1) is 30.2 Å². The molecule has 1 saturated heterocycles. The fraction of sp³-hybridized carbons (Fsp3) is 0.300. The molecule has 4 rings (SSSR count). The maximum atomic E-state index is 13.3. The van der Waals surface area contributed by atoms with E-state index in [-0.39, 0.29) is 12.0 Å². The zero-order valence-corrected chi connectivity index (χ0v) is 14.9. The van der Waals surface area contributed by atoms with E-state index in [9.17, 15) is 4.79 Å². The SMILES string of the molecule is O=C(c1cnnn1-c1ccccc1)N(Cc1ccccn1)C[C@@H]1CCCO1. The van der Waals surface area contributed by atoms with E-state index < -0.39 is 0 Å². The Hall–Kier alpha value is -3.06. The molecule has 1 fully saturated rings. The maximum Gasteiger partial charge on any atom is 0.274 e. The van der Waals surface area contributed by atoms with Crippen LogP contribution in [0, 0.1) is 0 Å². The molecule has 0 saturated carbocycles. The second kappa shape index (κ2) is 8.09. The van der Waals surface area contributed by atoms with E-state index in [0.717, 1.165) is 30.8 Å². The first-order chi connectivity index (χ1) is 13.3. The fourth-order valence-electron chi connectivity index (χ4n) is 3.24. The lowest BCUT2D eigenvalue weighted by molar-refractivity contribution is 0.0497. The molecule has 7 heteroatoms. The minimum absolute atomic E-state index is 0.0544. The molecule has 1 amide bonds. The quantitative estimate of drug-likeness (QED) is 0.673. The summed E-state index contributed by atoms with van der Waals surface area (Å²) in [6.45, 7) is 1.69. The highest BCUT2D eigenvalue weighted by Crippen LogP contribution is 2.18. The van der Waals surface area contributed by atoms with Crippen molar-refractivity contribution < 1.29 is 9.53 Å². The fourth-order valence-corrected chi connectivity index (χ4v) is 3.24. The van der Waals surface area contributed by atoms with Gasteiger partial charge in [0.25, 0.3) is 5.91 Å². The van der Waals surface area contributed by atoms with Crippen molar-refractivity contribution in [1.29, 1.82) is 0 Å². The van der Waals surface area contributed by atoms with Crippen LogP contribution in [0.15, 0.2) is 60.9 Å². The van der Waals surface area contributed by atoms with Gasteiger partial charge in [0, 0.05) is 19.3 Å². The standard InChI is InChI=1S/C20H21N5O2/c26-20(19-13-22-23-25(19)17-8-2-1-3-9-17)24(15-18-10-6-12-27-18)14-16-7-4-5-11-21-16/h1-5,7-9,11,13,18H,6,10,12,14-15H2/t18-/m0/s1. The van der Waals surface area contributed by atoms with Crippen molar-refractivity contribution in [2.24, 2.45) is 0 Å². The molecule has 0 unspecified atom stereocenters. The van der Waals surface area contributed by atoms with Crippen molar-refractivity contribution in [1.82, 2.24) is 24.9 Å². The summed E-state index contributed by atoms with van der Waals surface area (Å²) in [5.74, 6) is -0.134. The monoisotopic (exact) mass is 363 g/mol. The van der Waals surface area contributed by atoms with Gasteiger partial charge in [-0.25, -0.2) is 4.68 Å². The van der Waals surface area contributed by atoms with Crippen LogP contribution in [0.25, 0.3) is 5.69 Å². The number of rotatable bonds is 6. The molecule has 1 aliphatic heterocycles. The van der Waals surface area contributed by atoms with E-state index in [0.29, 0.717) is 18.8 Å². The van der Waals surface area contributed by atoms with Crippen LogP contribution in [0.2, 0.25) is 0 Å². The molecule has 0 bridgehead atoms. The van der Waals surface area contributed by atoms with Gasteiger partial charge in [-0.15, -0.1) is 5.10 Å². The average molecular weight is 363 g/mol. The van der Waals surface area contributed by atoms with Crippen molar-refractivity contribution in [3.8, 4) is 5.69 Å². The molecule has 0 radical (unpaired) electrons. The Morgan fingerprint density at radius 2 is 2.04 bits per heavy atom. The van der Waals surface area contributed by atoms with Crippen molar-refractivity contribution >= 4 is 5.91 Å². The number of para-hydroxylation sites is 1. The Kier molecular flexibility index (Phi) is 5.20. The third-order valence-corrected chi connectivity index (χ3v) is 4.58. The lowest BCUT2D eigenvalue weighted by atomic mass is 10.2. The summed E-state index contributed by atoms with van der Waals surface area (Å²) in [4.78, 5) is 19.5. The number of ether oxygens (including phenoxy) is 1. The molecule has 138 valence electrons. The summed E-state index contributed by atoms with van der Waals surface area (Å²) in [7, 11) is 0. The molecule has 1 atom stereocenters. The number of carbonyl (C=O) groups is 1. The summed E-state index contributed by atoms with van der Waals surface area (Å²) >= 11 is 0. The highest BCUT2D eigenvalue weighted by Gasteiger charge is 2.26. The zero-order chi connectivity index (χ0) is 18.5. The van der Waals surface area contributed by atoms with E-state index in [2.05, 4.69) is 15.3 Å². The molecule has 27 heavy (non-hydrogen) atoms. The first-order valence-corrected chi connectivity index (χ1v) is 9.08. The van der Waals surface area contributed by atoms with Crippen molar-refractivity contribution in [3.63, 3.8) is 0 Å². The largest absolute Gasteiger partial charge is 0.376 e. The van der Waals surface area contributed by atoms with E-state index in [1.807, 2.05) is 48.5 Å². The Bertz CT molecular complexity index is 876. The molecule has 0 spiro atoms. The number of hydrogen-bond donors (Lipinski definition) is 0. The minimum Gasteiger partial charge on any atom is -0.376 e. The smallest absolute Gasteiger partial charge is 0.274 e. The Labute approximate surface area is 157 Å². The Morgan fingerprint density at radius 3 is 2.78 bits per heavy atom. The average Bonchev–Trinajstić information content (AvgIpc) is 3.40. The number of benzene rings is 1. The molecule has 3 aromatic rings. The number of aromatic nitrogens is 4. The van der Waals surface area contributed by atoms with Gasteiger partial charge in [0.1, 0.15) is 0 Å². The highest BCUT2D eigenvalue weighted by atomic mass is 16.5.